The second-order valence-corrected chi connectivity index (χ2v) is 5.41. The number of carbonyl (C=O) groups excluding carboxylic acids is 1. The molecule has 0 unspecified atom stereocenters. The molecule has 1 amide bonds. The molecule has 94 valence electrons. The Labute approximate surface area is 143 Å². The molecule has 0 saturated heterocycles. The zero-order chi connectivity index (χ0) is 13.2. The van der Waals surface area contributed by atoms with E-state index in [0.29, 0.717) is 4.90 Å². The van der Waals surface area contributed by atoms with Crippen molar-refractivity contribution in [2.75, 3.05) is 5.32 Å². The van der Waals surface area contributed by atoms with E-state index in [1.807, 2.05) is 0 Å². The van der Waals surface area contributed by atoms with E-state index in [1.54, 1.807) is 20.8 Å². The van der Waals surface area contributed by atoms with Gasteiger partial charge >= 0.3 is 35.7 Å². The van der Waals surface area contributed by atoms with E-state index in [2.05, 4.69) is 10.3 Å². The normalized spacial score (nSPS) is 10.5. The van der Waals surface area contributed by atoms with E-state index >= 15 is 0 Å². The molecular formula is C10H11Cl2N2NaO2S. The molecule has 0 radical (unpaired) electrons. The molecule has 0 fully saturated rings. The molecule has 0 atom stereocenters. The number of rotatable bonds is 1. The van der Waals surface area contributed by atoms with E-state index in [-0.39, 0.29) is 45.6 Å². The number of ether oxygens (including phenoxy) is 1. The Morgan fingerprint density at radius 3 is 2.44 bits per heavy atom. The van der Waals surface area contributed by atoms with Gasteiger partial charge in [-0.1, -0.05) is 23.2 Å². The molecule has 1 rings (SSSR count). The molecule has 0 aromatic carbocycles. The fourth-order valence-corrected chi connectivity index (χ4v) is 1.50. The van der Waals surface area contributed by atoms with Crippen molar-refractivity contribution in [3.05, 3.63) is 16.2 Å². The molecule has 1 N–H and O–H groups in total. The molecule has 18 heavy (non-hydrogen) atoms. The standard InChI is InChI=1S/C10H12Cl2N2O2S.Na/c1-10(2,3)16-9(15)14-6-4-5(17)7(11)8(12)13-6;/h4H,1-3H3,(H2,13,14,15,17);/q;+1/p-1. The van der Waals surface area contributed by atoms with Gasteiger partial charge in [-0.2, -0.15) is 0 Å². The van der Waals surface area contributed by atoms with Gasteiger partial charge in [-0.25, -0.2) is 9.78 Å². The van der Waals surface area contributed by atoms with Crippen LogP contribution in [-0.2, 0) is 17.4 Å². The molecule has 4 nitrogen and oxygen atoms in total. The average molecular weight is 317 g/mol. The summed E-state index contributed by atoms with van der Waals surface area (Å²) in [7, 11) is 0. The second kappa shape index (κ2) is 7.12. The zero-order valence-electron chi connectivity index (χ0n) is 10.5. The summed E-state index contributed by atoms with van der Waals surface area (Å²) in [6.45, 7) is 5.27. The van der Waals surface area contributed by atoms with Gasteiger partial charge in [0.15, 0.2) is 0 Å². The summed E-state index contributed by atoms with van der Waals surface area (Å²) in [4.78, 5) is 15.6. The van der Waals surface area contributed by atoms with Crippen molar-refractivity contribution in [1.29, 1.82) is 0 Å². The van der Waals surface area contributed by atoms with E-state index in [9.17, 15) is 4.79 Å². The number of anilines is 1. The summed E-state index contributed by atoms with van der Waals surface area (Å²) in [6.07, 6.45) is -0.627. The SMILES string of the molecule is CC(C)(C)OC(=O)Nc1cc([S-])c(Cl)c(Cl)n1.[Na+]. The Bertz CT molecular complexity index is 429. The maximum absolute atomic E-state index is 11.5. The van der Waals surface area contributed by atoms with Crippen LogP contribution in [0.15, 0.2) is 11.0 Å². The van der Waals surface area contributed by atoms with Crippen molar-refractivity contribution in [2.24, 2.45) is 0 Å². The zero-order valence-corrected chi connectivity index (χ0v) is 14.8. The van der Waals surface area contributed by atoms with E-state index in [0.717, 1.165) is 0 Å². The maximum atomic E-state index is 11.5. The molecule has 1 heterocycles. The van der Waals surface area contributed by atoms with Crippen LogP contribution in [0, 0.1) is 0 Å². The predicted octanol–water partition coefficient (Wildman–Crippen LogP) is 0.645. The number of carbonyl (C=O) groups is 1. The summed E-state index contributed by atoms with van der Waals surface area (Å²) >= 11 is 16.4. The van der Waals surface area contributed by atoms with Crippen LogP contribution in [-0.4, -0.2) is 16.7 Å². The van der Waals surface area contributed by atoms with Crippen molar-refractivity contribution in [1.82, 2.24) is 4.98 Å². The van der Waals surface area contributed by atoms with Crippen LogP contribution in [0.5, 0.6) is 0 Å². The molecule has 8 heteroatoms. The van der Waals surface area contributed by atoms with Crippen LogP contribution in [0.1, 0.15) is 20.8 Å². The van der Waals surface area contributed by atoms with Crippen molar-refractivity contribution >= 4 is 47.7 Å². The minimum atomic E-state index is -0.627. The third-order valence-electron chi connectivity index (χ3n) is 1.51. The summed E-state index contributed by atoms with van der Waals surface area (Å²) in [5.41, 5.74) is -0.586. The summed E-state index contributed by atoms with van der Waals surface area (Å²) < 4.78 is 5.05. The fraction of sp³-hybridized carbons (Fsp3) is 0.400. The number of pyridine rings is 1. The Kier molecular flexibility index (Phi) is 7.21. The van der Waals surface area contributed by atoms with Gasteiger partial charge in [0, 0.05) is 0 Å². The first kappa shape index (κ1) is 18.2. The summed E-state index contributed by atoms with van der Waals surface area (Å²) in [5, 5.41) is 2.66. The third kappa shape index (κ3) is 5.91. The number of halogens is 2. The summed E-state index contributed by atoms with van der Waals surface area (Å²) in [6, 6.07) is 1.44. The molecule has 0 saturated carbocycles. The van der Waals surface area contributed by atoms with Gasteiger partial charge in [-0.3, -0.25) is 5.32 Å². The molecule has 0 aliphatic rings. The molecule has 0 aliphatic heterocycles. The van der Waals surface area contributed by atoms with Crippen molar-refractivity contribution in [3.8, 4) is 0 Å². The molecule has 1 aromatic heterocycles. The monoisotopic (exact) mass is 316 g/mol. The van der Waals surface area contributed by atoms with Gasteiger partial charge in [0.25, 0.3) is 0 Å². The first-order chi connectivity index (χ1) is 7.69. The van der Waals surface area contributed by atoms with Crippen molar-refractivity contribution in [3.63, 3.8) is 0 Å². The number of hydrogen-bond donors (Lipinski definition) is 1. The summed E-state index contributed by atoms with van der Waals surface area (Å²) in [5.74, 6) is 0.207. The van der Waals surface area contributed by atoms with Gasteiger partial charge in [-0.05, 0) is 26.8 Å². The number of nitrogens with one attached hydrogen (secondary N) is 1. The van der Waals surface area contributed by atoms with Gasteiger partial charge in [-0.15, -0.1) is 4.90 Å². The molecule has 0 spiro atoms. The Morgan fingerprint density at radius 2 is 2.00 bits per heavy atom. The van der Waals surface area contributed by atoms with Crippen LogP contribution in [0.4, 0.5) is 10.6 Å². The van der Waals surface area contributed by atoms with E-state index in [4.69, 9.17) is 40.6 Å². The van der Waals surface area contributed by atoms with Crippen molar-refractivity contribution in [2.45, 2.75) is 31.3 Å². The predicted molar refractivity (Wildman–Crippen MR) is 69.7 cm³/mol. The molecule has 0 aliphatic carbocycles. The Balaban J connectivity index is 0.00000289. The second-order valence-electron chi connectivity index (χ2n) is 4.24. The number of nitrogens with zero attached hydrogens (tertiary/aromatic N) is 1. The molecule has 0 bridgehead atoms. The van der Waals surface area contributed by atoms with Crippen LogP contribution >= 0.6 is 23.2 Å². The average Bonchev–Trinajstić information content (AvgIpc) is 2.10. The molecule has 1 aromatic rings. The number of hydrogen-bond acceptors (Lipinski definition) is 4. The minimum Gasteiger partial charge on any atom is -0.778 e. The van der Waals surface area contributed by atoms with E-state index in [1.165, 1.54) is 6.07 Å². The van der Waals surface area contributed by atoms with Gasteiger partial charge < -0.3 is 17.4 Å². The largest absolute Gasteiger partial charge is 1.00 e. The number of amides is 1. The minimum absolute atomic E-state index is 0. The number of aromatic nitrogens is 1. The van der Waals surface area contributed by atoms with Gasteiger partial charge in [0.2, 0.25) is 0 Å². The van der Waals surface area contributed by atoms with Gasteiger partial charge in [0.05, 0.1) is 5.02 Å². The first-order valence-electron chi connectivity index (χ1n) is 4.72. The molecular weight excluding hydrogens is 306 g/mol. The Morgan fingerprint density at radius 1 is 1.44 bits per heavy atom. The van der Waals surface area contributed by atoms with Crippen LogP contribution in [0.2, 0.25) is 10.2 Å². The maximum Gasteiger partial charge on any atom is 1.00 e. The van der Waals surface area contributed by atoms with Crippen molar-refractivity contribution < 1.29 is 39.1 Å². The smallest absolute Gasteiger partial charge is 0.778 e. The third-order valence-corrected chi connectivity index (χ3v) is 2.70. The van der Waals surface area contributed by atoms with Crippen LogP contribution in [0.25, 0.3) is 0 Å². The van der Waals surface area contributed by atoms with E-state index < -0.39 is 11.7 Å². The van der Waals surface area contributed by atoms with Gasteiger partial charge in [0.1, 0.15) is 16.6 Å². The Hall–Kier alpha value is 0.220. The van der Waals surface area contributed by atoms with Crippen LogP contribution < -0.4 is 34.9 Å². The quantitative estimate of drug-likeness (QED) is 0.469. The topological polar surface area (TPSA) is 51.2 Å². The fourth-order valence-electron chi connectivity index (χ4n) is 0.949. The first-order valence-corrected chi connectivity index (χ1v) is 5.88. The van der Waals surface area contributed by atoms with Crippen LogP contribution in [0.3, 0.4) is 0 Å².